The van der Waals surface area contributed by atoms with Crippen molar-refractivity contribution in [3.63, 3.8) is 0 Å². The Hall–Kier alpha value is -2.17. The lowest BCUT2D eigenvalue weighted by molar-refractivity contribution is 0.0696. The predicted octanol–water partition coefficient (Wildman–Crippen LogP) is 2.72. The zero-order chi connectivity index (χ0) is 13.8. The molecule has 0 aliphatic rings. The molecule has 5 heteroatoms. The summed E-state index contributed by atoms with van der Waals surface area (Å²) in [5.41, 5.74) is 0.438. The Labute approximate surface area is 110 Å². The number of hydrogen-bond acceptors (Lipinski definition) is 2. The number of aryl methyl sites for hydroxylation is 1. The van der Waals surface area contributed by atoms with Gasteiger partial charge in [0.05, 0.1) is 5.56 Å². The molecule has 2 rings (SSSR count). The minimum atomic E-state index is -1.06. The first-order chi connectivity index (χ1) is 9.11. The summed E-state index contributed by atoms with van der Waals surface area (Å²) < 4.78 is 15.7. The van der Waals surface area contributed by atoms with Crippen LogP contribution in [0.25, 0.3) is 0 Å². The van der Waals surface area contributed by atoms with Gasteiger partial charge in [-0.05, 0) is 30.2 Å². The van der Waals surface area contributed by atoms with E-state index in [2.05, 4.69) is 11.9 Å². The number of carboxylic acid groups (broad SMARTS) is 1. The molecule has 0 bridgehead atoms. The van der Waals surface area contributed by atoms with Gasteiger partial charge >= 0.3 is 5.97 Å². The fraction of sp³-hybridized carbons (Fsp3) is 0.286. The Balaban J connectivity index is 2.29. The van der Waals surface area contributed by atoms with Gasteiger partial charge in [0.2, 0.25) is 0 Å². The van der Waals surface area contributed by atoms with Crippen LogP contribution >= 0.6 is 0 Å². The number of benzene rings is 1. The number of aromatic carboxylic acids is 1. The lowest BCUT2D eigenvalue weighted by Gasteiger charge is -2.08. The van der Waals surface area contributed by atoms with E-state index in [0.717, 1.165) is 18.8 Å². The van der Waals surface area contributed by atoms with E-state index in [4.69, 9.17) is 5.11 Å². The first kappa shape index (κ1) is 13.3. The highest BCUT2D eigenvalue weighted by Gasteiger charge is 2.11. The Morgan fingerprint density at radius 3 is 2.95 bits per heavy atom. The molecule has 0 fully saturated rings. The maximum absolute atomic E-state index is 13.7. The highest BCUT2D eigenvalue weighted by Crippen LogP contribution is 2.15. The third kappa shape index (κ3) is 2.99. The molecule has 0 unspecified atom stereocenters. The van der Waals surface area contributed by atoms with Crippen LogP contribution < -0.4 is 0 Å². The highest BCUT2D eigenvalue weighted by atomic mass is 19.1. The van der Waals surface area contributed by atoms with Gasteiger partial charge in [-0.25, -0.2) is 14.2 Å². The number of imidazole rings is 1. The van der Waals surface area contributed by atoms with Gasteiger partial charge in [-0.1, -0.05) is 6.92 Å². The average molecular weight is 262 g/mol. The van der Waals surface area contributed by atoms with Crippen molar-refractivity contribution < 1.29 is 14.3 Å². The predicted molar refractivity (Wildman–Crippen MR) is 68.7 cm³/mol. The fourth-order valence-corrected chi connectivity index (χ4v) is 1.97. The second-order valence-corrected chi connectivity index (χ2v) is 4.32. The van der Waals surface area contributed by atoms with Gasteiger partial charge in [-0.15, -0.1) is 0 Å². The van der Waals surface area contributed by atoms with Gasteiger partial charge in [0.15, 0.2) is 0 Å². The topological polar surface area (TPSA) is 55.1 Å². The summed E-state index contributed by atoms with van der Waals surface area (Å²) in [5, 5.41) is 8.92. The van der Waals surface area contributed by atoms with E-state index in [-0.39, 0.29) is 5.56 Å². The van der Waals surface area contributed by atoms with Gasteiger partial charge in [0, 0.05) is 25.4 Å². The summed E-state index contributed by atoms with van der Waals surface area (Å²) in [6, 6.07) is 3.81. The van der Waals surface area contributed by atoms with E-state index in [1.807, 2.05) is 10.8 Å². The molecule has 100 valence electrons. The number of carboxylic acids is 1. The molecule has 0 radical (unpaired) electrons. The molecule has 1 aromatic heterocycles. The Morgan fingerprint density at radius 2 is 2.26 bits per heavy atom. The van der Waals surface area contributed by atoms with E-state index in [0.29, 0.717) is 12.0 Å². The molecular formula is C14H15FN2O2. The van der Waals surface area contributed by atoms with E-state index in [1.165, 1.54) is 18.2 Å². The Bertz CT molecular complexity index is 593. The molecule has 19 heavy (non-hydrogen) atoms. The van der Waals surface area contributed by atoms with E-state index < -0.39 is 11.8 Å². The van der Waals surface area contributed by atoms with Crippen molar-refractivity contribution >= 4 is 5.97 Å². The highest BCUT2D eigenvalue weighted by molar-refractivity contribution is 5.87. The van der Waals surface area contributed by atoms with Gasteiger partial charge < -0.3 is 9.67 Å². The first-order valence-electron chi connectivity index (χ1n) is 6.13. The van der Waals surface area contributed by atoms with Crippen LogP contribution in [0.3, 0.4) is 0 Å². The Morgan fingerprint density at radius 1 is 1.47 bits per heavy atom. The second kappa shape index (κ2) is 5.65. The van der Waals surface area contributed by atoms with Crippen molar-refractivity contribution in [3.05, 3.63) is 53.4 Å². The second-order valence-electron chi connectivity index (χ2n) is 4.32. The molecule has 0 spiro atoms. The number of aromatic nitrogens is 2. The molecule has 0 saturated heterocycles. The van der Waals surface area contributed by atoms with Gasteiger partial charge in [-0.3, -0.25) is 0 Å². The van der Waals surface area contributed by atoms with Crippen molar-refractivity contribution in [2.24, 2.45) is 0 Å². The third-order valence-electron chi connectivity index (χ3n) is 2.91. The van der Waals surface area contributed by atoms with Crippen LogP contribution in [0.1, 0.15) is 35.1 Å². The van der Waals surface area contributed by atoms with Crippen LogP contribution in [0.5, 0.6) is 0 Å². The summed E-state index contributed by atoms with van der Waals surface area (Å²) in [6.07, 6.45) is 4.77. The molecule has 0 aliphatic heterocycles. The van der Waals surface area contributed by atoms with Crippen LogP contribution in [-0.2, 0) is 13.0 Å². The zero-order valence-electron chi connectivity index (χ0n) is 10.6. The monoisotopic (exact) mass is 262 g/mol. The smallest absolute Gasteiger partial charge is 0.335 e. The van der Waals surface area contributed by atoms with Crippen molar-refractivity contribution in [2.75, 3.05) is 0 Å². The van der Waals surface area contributed by atoms with Gasteiger partial charge in [0.25, 0.3) is 0 Å². The molecular weight excluding hydrogens is 247 g/mol. The van der Waals surface area contributed by atoms with Crippen LogP contribution in [0, 0.1) is 5.82 Å². The molecule has 0 amide bonds. The van der Waals surface area contributed by atoms with Crippen molar-refractivity contribution in [2.45, 2.75) is 26.3 Å². The molecule has 1 aromatic carbocycles. The van der Waals surface area contributed by atoms with Crippen molar-refractivity contribution in [1.29, 1.82) is 0 Å². The number of carbonyl (C=O) groups is 1. The molecule has 2 aromatic rings. The number of rotatable bonds is 5. The molecule has 1 heterocycles. The molecule has 0 aliphatic carbocycles. The SMILES string of the molecule is CCCn1ccnc1Cc1cc(C(=O)O)ccc1F. The largest absolute Gasteiger partial charge is 0.478 e. The van der Waals surface area contributed by atoms with E-state index >= 15 is 0 Å². The van der Waals surface area contributed by atoms with Gasteiger partial charge in [-0.2, -0.15) is 0 Å². The molecule has 1 N–H and O–H groups in total. The van der Waals surface area contributed by atoms with Crippen LogP contribution in [0.2, 0.25) is 0 Å². The molecule has 4 nitrogen and oxygen atoms in total. The Kier molecular flexibility index (Phi) is 3.94. The fourth-order valence-electron chi connectivity index (χ4n) is 1.97. The minimum absolute atomic E-state index is 0.0880. The number of hydrogen-bond donors (Lipinski definition) is 1. The van der Waals surface area contributed by atoms with Crippen LogP contribution in [0.4, 0.5) is 4.39 Å². The maximum Gasteiger partial charge on any atom is 0.335 e. The van der Waals surface area contributed by atoms with E-state index in [9.17, 15) is 9.18 Å². The zero-order valence-corrected chi connectivity index (χ0v) is 10.6. The van der Waals surface area contributed by atoms with Crippen LogP contribution in [-0.4, -0.2) is 20.6 Å². The average Bonchev–Trinajstić information content (AvgIpc) is 2.80. The first-order valence-corrected chi connectivity index (χ1v) is 6.13. The van der Waals surface area contributed by atoms with Crippen molar-refractivity contribution in [1.82, 2.24) is 9.55 Å². The summed E-state index contributed by atoms with van der Waals surface area (Å²) in [4.78, 5) is 15.1. The summed E-state index contributed by atoms with van der Waals surface area (Å²) in [6.45, 7) is 2.87. The third-order valence-corrected chi connectivity index (χ3v) is 2.91. The number of nitrogens with zero attached hydrogens (tertiary/aromatic N) is 2. The summed E-state index contributed by atoms with van der Waals surface area (Å²) in [5.74, 6) is -0.725. The molecule has 0 saturated carbocycles. The lowest BCUT2D eigenvalue weighted by atomic mass is 10.1. The minimum Gasteiger partial charge on any atom is -0.478 e. The van der Waals surface area contributed by atoms with Crippen molar-refractivity contribution in [3.8, 4) is 0 Å². The summed E-state index contributed by atoms with van der Waals surface area (Å²) >= 11 is 0. The summed E-state index contributed by atoms with van der Waals surface area (Å²) in [7, 11) is 0. The number of halogens is 1. The molecule has 0 atom stereocenters. The quantitative estimate of drug-likeness (QED) is 0.901. The van der Waals surface area contributed by atoms with Gasteiger partial charge in [0.1, 0.15) is 11.6 Å². The normalized spacial score (nSPS) is 10.6. The van der Waals surface area contributed by atoms with Crippen LogP contribution in [0.15, 0.2) is 30.6 Å². The maximum atomic E-state index is 13.7. The lowest BCUT2D eigenvalue weighted by Crippen LogP contribution is -2.06. The van der Waals surface area contributed by atoms with E-state index in [1.54, 1.807) is 6.20 Å². The standard InChI is InChI=1S/C14H15FN2O2/c1-2-6-17-7-5-16-13(17)9-11-8-10(14(18)19)3-4-12(11)15/h3-5,7-8H,2,6,9H2,1H3,(H,18,19).